The molecule has 8 nitrogen and oxygen atoms in total. The highest BCUT2D eigenvalue weighted by molar-refractivity contribution is 8.01. The molecule has 1 heterocycles. The lowest BCUT2D eigenvalue weighted by Crippen LogP contribution is -2.39. The quantitative estimate of drug-likeness (QED) is 0.503. The molecule has 1 saturated carbocycles. The molecule has 0 spiro atoms. The van der Waals surface area contributed by atoms with E-state index in [9.17, 15) is 14.4 Å². The molecule has 0 unspecified atom stereocenters. The van der Waals surface area contributed by atoms with E-state index < -0.39 is 6.03 Å². The Kier molecular flexibility index (Phi) is 6.99. The Morgan fingerprint density at radius 3 is 2.64 bits per heavy atom. The number of hydrogen-bond donors (Lipinski definition) is 2. The third-order valence-corrected chi connectivity index (χ3v) is 6.01. The van der Waals surface area contributed by atoms with Crippen molar-refractivity contribution in [3.05, 3.63) is 35.9 Å². The van der Waals surface area contributed by atoms with Crippen LogP contribution in [0.4, 0.5) is 9.93 Å². The van der Waals surface area contributed by atoms with E-state index in [4.69, 9.17) is 0 Å². The molecule has 2 N–H and O–H groups in total. The average Bonchev–Trinajstić information content (AvgIpc) is 3.39. The van der Waals surface area contributed by atoms with Gasteiger partial charge in [-0.2, -0.15) is 0 Å². The maximum absolute atomic E-state index is 11.9. The van der Waals surface area contributed by atoms with Crippen LogP contribution in [0.3, 0.4) is 0 Å². The first kappa shape index (κ1) is 20.3. The summed E-state index contributed by atoms with van der Waals surface area (Å²) in [5, 5.41) is 13.7. The fourth-order valence-electron chi connectivity index (χ4n) is 2.48. The van der Waals surface area contributed by atoms with Crippen LogP contribution in [0.1, 0.15) is 31.7 Å². The van der Waals surface area contributed by atoms with Crippen LogP contribution < -0.4 is 15.5 Å². The monoisotopic (exact) mass is 419 g/mol. The lowest BCUT2D eigenvalue weighted by Gasteiger charge is -2.15. The topological polar surface area (TPSA) is 104 Å². The van der Waals surface area contributed by atoms with Crippen LogP contribution in [0.2, 0.25) is 0 Å². The number of benzene rings is 1. The van der Waals surface area contributed by atoms with Crippen LogP contribution in [-0.2, 0) is 16.1 Å². The van der Waals surface area contributed by atoms with Crippen LogP contribution in [0.15, 0.2) is 34.7 Å². The van der Waals surface area contributed by atoms with Crippen LogP contribution in [0.25, 0.3) is 0 Å². The van der Waals surface area contributed by atoms with Crippen molar-refractivity contribution in [1.82, 2.24) is 20.8 Å². The SMILES string of the molecule is CC(=O)N(c1nnc(SCCC(=O)NC(=O)NCc2ccccc2)s1)C1CC1. The minimum absolute atomic E-state index is 0.0314. The van der Waals surface area contributed by atoms with Crippen molar-refractivity contribution in [2.24, 2.45) is 0 Å². The minimum Gasteiger partial charge on any atom is -0.334 e. The van der Waals surface area contributed by atoms with E-state index in [1.54, 1.807) is 4.90 Å². The number of anilines is 1. The standard InChI is InChI=1S/C18H21N5O3S2/c1-12(24)23(14-7-8-14)17-21-22-18(28-17)27-10-9-15(25)20-16(26)19-11-13-5-3-2-4-6-13/h2-6,14H,7-11H2,1H3,(H2,19,20,25,26). The summed E-state index contributed by atoms with van der Waals surface area (Å²) in [6.45, 7) is 1.88. The van der Waals surface area contributed by atoms with Crippen molar-refractivity contribution in [3.63, 3.8) is 0 Å². The zero-order valence-electron chi connectivity index (χ0n) is 15.4. The average molecular weight is 420 g/mol. The first-order valence-electron chi connectivity index (χ1n) is 8.90. The first-order valence-corrected chi connectivity index (χ1v) is 10.7. The van der Waals surface area contributed by atoms with Gasteiger partial charge in [-0.05, 0) is 18.4 Å². The van der Waals surface area contributed by atoms with Crippen LogP contribution in [0, 0.1) is 0 Å². The molecule has 0 saturated heterocycles. The number of rotatable bonds is 8. The van der Waals surface area contributed by atoms with Crippen molar-refractivity contribution < 1.29 is 14.4 Å². The van der Waals surface area contributed by atoms with Gasteiger partial charge in [0.2, 0.25) is 16.9 Å². The summed E-state index contributed by atoms with van der Waals surface area (Å²) in [5.41, 5.74) is 0.957. The largest absolute Gasteiger partial charge is 0.334 e. The summed E-state index contributed by atoms with van der Waals surface area (Å²) in [6.07, 6.45) is 2.17. The first-order chi connectivity index (χ1) is 13.5. The molecule has 148 valence electrons. The molecule has 0 radical (unpaired) electrons. The Morgan fingerprint density at radius 1 is 1.21 bits per heavy atom. The molecule has 1 aromatic carbocycles. The normalized spacial score (nSPS) is 13.0. The van der Waals surface area contributed by atoms with Gasteiger partial charge in [0.05, 0.1) is 0 Å². The fraction of sp³-hybridized carbons (Fsp3) is 0.389. The van der Waals surface area contributed by atoms with Gasteiger partial charge >= 0.3 is 6.03 Å². The van der Waals surface area contributed by atoms with E-state index in [-0.39, 0.29) is 24.3 Å². The summed E-state index contributed by atoms with van der Waals surface area (Å²) >= 11 is 2.73. The summed E-state index contributed by atoms with van der Waals surface area (Å²) in [5.74, 6) is 0.0814. The molecule has 1 aliphatic carbocycles. The number of hydrogen-bond acceptors (Lipinski definition) is 7. The van der Waals surface area contributed by atoms with E-state index in [1.165, 1.54) is 30.0 Å². The van der Waals surface area contributed by atoms with E-state index >= 15 is 0 Å². The highest BCUT2D eigenvalue weighted by Crippen LogP contribution is 2.35. The van der Waals surface area contributed by atoms with Crippen molar-refractivity contribution in [1.29, 1.82) is 0 Å². The second-order valence-corrected chi connectivity index (χ2v) is 8.58. The Balaban J connectivity index is 1.37. The molecule has 0 atom stereocenters. The molecule has 2 aromatic rings. The number of carbonyl (C=O) groups is 3. The van der Waals surface area contributed by atoms with E-state index in [0.29, 0.717) is 21.8 Å². The molecular formula is C18H21N5O3S2. The highest BCUT2D eigenvalue weighted by Gasteiger charge is 2.34. The van der Waals surface area contributed by atoms with Crippen molar-refractivity contribution in [2.45, 2.75) is 43.1 Å². The molecule has 10 heteroatoms. The maximum Gasteiger partial charge on any atom is 0.321 e. The second-order valence-electron chi connectivity index (χ2n) is 6.29. The number of nitrogens with zero attached hydrogens (tertiary/aromatic N) is 3. The van der Waals surface area contributed by atoms with Crippen molar-refractivity contribution in [2.75, 3.05) is 10.7 Å². The maximum atomic E-state index is 11.9. The summed E-state index contributed by atoms with van der Waals surface area (Å²) in [6, 6.07) is 9.18. The molecule has 1 aromatic heterocycles. The van der Waals surface area contributed by atoms with Gasteiger partial charge in [-0.15, -0.1) is 10.2 Å². The number of aromatic nitrogens is 2. The lowest BCUT2D eigenvalue weighted by atomic mass is 10.2. The smallest absolute Gasteiger partial charge is 0.321 e. The zero-order valence-corrected chi connectivity index (χ0v) is 17.0. The highest BCUT2D eigenvalue weighted by atomic mass is 32.2. The predicted molar refractivity (Wildman–Crippen MR) is 108 cm³/mol. The summed E-state index contributed by atoms with van der Waals surface area (Å²) in [4.78, 5) is 37.1. The summed E-state index contributed by atoms with van der Waals surface area (Å²) < 4.78 is 0.697. The third-order valence-electron chi connectivity index (χ3n) is 3.96. The lowest BCUT2D eigenvalue weighted by molar-refractivity contribution is -0.119. The Bertz CT molecular complexity index is 839. The number of amides is 4. The zero-order chi connectivity index (χ0) is 19.9. The van der Waals surface area contributed by atoms with Gasteiger partial charge in [-0.25, -0.2) is 4.79 Å². The molecule has 0 bridgehead atoms. The number of thioether (sulfide) groups is 1. The second kappa shape index (κ2) is 9.65. The van der Waals surface area contributed by atoms with E-state index in [2.05, 4.69) is 20.8 Å². The van der Waals surface area contributed by atoms with Gasteiger partial charge in [0.25, 0.3) is 0 Å². The van der Waals surface area contributed by atoms with Gasteiger partial charge in [-0.1, -0.05) is 53.4 Å². The number of urea groups is 1. The molecular weight excluding hydrogens is 398 g/mol. The van der Waals surface area contributed by atoms with E-state index in [0.717, 1.165) is 18.4 Å². The summed E-state index contributed by atoms with van der Waals surface area (Å²) in [7, 11) is 0. The van der Waals surface area contributed by atoms with E-state index in [1.807, 2.05) is 30.3 Å². The van der Waals surface area contributed by atoms with Crippen LogP contribution in [0.5, 0.6) is 0 Å². The Morgan fingerprint density at radius 2 is 1.96 bits per heavy atom. The van der Waals surface area contributed by atoms with Gasteiger partial charge in [0.15, 0.2) is 4.34 Å². The number of imide groups is 1. The fourth-order valence-corrected chi connectivity index (χ4v) is 4.45. The molecule has 3 rings (SSSR count). The van der Waals surface area contributed by atoms with Crippen LogP contribution >= 0.6 is 23.1 Å². The van der Waals surface area contributed by atoms with Gasteiger partial charge < -0.3 is 5.32 Å². The molecule has 1 fully saturated rings. The number of nitrogens with one attached hydrogen (secondary N) is 2. The minimum atomic E-state index is -0.515. The van der Waals surface area contributed by atoms with Crippen molar-refractivity contribution in [3.8, 4) is 0 Å². The molecule has 28 heavy (non-hydrogen) atoms. The Hall–Kier alpha value is -2.46. The van der Waals surface area contributed by atoms with Gasteiger partial charge in [0.1, 0.15) is 0 Å². The number of carbonyl (C=O) groups excluding carboxylic acids is 3. The third kappa shape index (κ3) is 6.03. The predicted octanol–water partition coefficient (Wildman–Crippen LogP) is 2.56. The Labute approximate surface area is 171 Å². The molecule has 0 aliphatic heterocycles. The van der Waals surface area contributed by atoms with Gasteiger partial charge in [-0.3, -0.25) is 19.8 Å². The molecule has 4 amide bonds. The van der Waals surface area contributed by atoms with Gasteiger partial charge in [0, 0.05) is 31.7 Å². The van der Waals surface area contributed by atoms with Crippen LogP contribution in [-0.4, -0.2) is 39.8 Å². The molecule has 1 aliphatic rings. The van der Waals surface area contributed by atoms with Crippen molar-refractivity contribution >= 4 is 46.1 Å².